The van der Waals surface area contributed by atoms with Crippen LogP contribution in [0.15, 0.2) is 150 Å². The summed E-state index contributed by atoms with van der Waals surface area (Å²) in [5.74, 6) is -0.462. The van der Waals surface area contributed by atoms with Crippen LogP contribution in [0.1, 0.15) is 29.5 Å². The molecular weight excluding hydrogens is 713 g/mol. The second-order valence-electron chi connectivity index (χ2n) is 12.8. The molecule has 0 radical (unpaired) electrons. The number of thiol groups is 1. The number of fused-ring (bicyclic) bond motifs is 2. The zero-order chi connectivity index (χ0) is 36.1. The van der Waals surface area contributed by atoms with Gasteiger partial charge in [-0.15, -0.1) is 0 Å². The van der Waals surface area contributed by atoms with Gasteiger partial charge in [-0.3, -0.25) is 13.1 Å². The van der Waals surface area contributed by atoms with E-state index in [0.717, 1.165) is 45.2 Å². The highest BCUT2D eigenvalue weighted by Gasteiger charge is 2.24. The van der Waals surface area contributed by atoms with E-state index in [9.17, 15) is 17.0 Å². The summed E-state index contributed by atoms with van der Waals surface area (Å²) in [6, 6.07) is 37.1. The van der Waals surface area contributed by atoms with Crippen LogP contribution in [0.3, 0.4) is 0 Å². The average Bonchev–Trinajstić information content (AvgIpc) is 3.74. The summed E-state index contributed by atoms with van der Waals surface area (Å²) < 4.78 is 59.5. The molecule has 52 heavy (non-hydrogen) atoms. The Morgan fingerprint density at radius 2 is 1.35 bits per heavy atom. The first-order valence-corrected chi connectivity index (χ1v) is 21.9. The van der Waals surface area contributed by atoms with Crippen LogP contribution in [0.2, 0.25) is 0 Å². The number of pyridine rings is 1. The van der Waals surface area contributed by atoms with E-state index < -0.39 is 25.7 Å². The number of benzene rings is 4. The van der Waals surface area contributed by atoms with E-state index in [1.54, 1.807) is 48.7 Å². The molecule has 1 atom stereocenters. The lowest BCUT2D eigenvalue weighted by atomic mass is 10.1. The van der Waals surface area contributed by atoms with Crippen LogP contribution in [0.4, 0.5) is 4.39 Å². The lowest BCUT2D eigenvalue weighted by molar-refractivity contribution is 0.252. The van der Waals surface area contributed by atoms with E-state index in [2.05, 4.69) is 29.7 Å². The Hall–Kier alpha value is -4.51. The predicted molar refractivity (Wildman–Crippen MR) is 212 cm³/mol. The molecule has 0 spiro atoms. The van der Waals surface area contributed by atoms with E-state index in [-0.39, 0.29) is 4.90 Å². The molecule has 0 fully saturated rings. The minimum absolute atomic E-state index is 0.228. The molecule has 0 amide bonds. The Balaban J connectivity index is 1.19. The van der Waals surface area contributed by atoms with E-state index in [4.69, 9.17) is 0 Å². The second kappa shape index (κ2) is 15.6. The quantitative estimate of drug-likeness (QED) is 0.0487. The number of hydrogen-bond acceptors (Lipinski definition) is 6. The van der Waals surface area contributed by atoms with Crippen LogP contribution in [0.25, 0.3) is 21.8 Å². The molecule has 1 unspecified atom stereocenters. The van der Waals surface area contributed by atoms with Crippen molar-refractivity contribution in [3.63, 3.8) is 0 Å². The van der Waals surface area contributed by atoms with Crippen molar-refractivity contribution in [3.05, 3.63) is 163 Å². The lowest BCUT2D eigenvalue weighted by Crippen LogP contribution is -2.25. The van der Waals surface area contributed by atoms with E-state index in [1.807, 2.05) is 83.0 Å². The van der Waals surface area contributed by atoms with Crippen molar-refractivity contribution in [3.8, 4) is 0 Å². The first-order valence-electron chi connectivity index (χ1n) is 17.2. The fourth-order valence-corrected chi connectivity index (χ4v) is 10.8. The van der Waals surface area contributed by atoms with Crippen molar-refractivity contribution in [1.82, 2.24) is 23.1 Å². The van der Waals surface area contributed by atoms with Gasteiger partial charge >= 0.3 is 0 Å². The molecule has 7 rings (SSSR count). The molecule has 12 heteroatoms. The fourth-order valence-electron chi connectivity index (χ4n) is 6.67. The molecule has 0 aliphatic carbocycles. The highest BCUT2D eigenvalue weighted by Crippen LogP contribution is 2.35. The third-order valence-electron chi connectivity index (χ3n) is 9.30. The molecule has 268 valence electrons. The summed E-state index contributed by atoms with van der Waals surface area (Å²) in [6.07, 6.45) is 6.89. The Bertz CT molecular complexity index is 2470. The van der Waals surface area contributed by atoms with Gasteiger partial charge in [0.1, 0.15) is 0 Å². The van der Waals surface area contributed by atoms with Gasteiger partial charge < -0.3 is 5.32 Å². The molecular formula is C40H41FN5O3PS2. The number of hydrogen-bond donors (Lipinski definition) is 2. The van der Waals surface area contributed by atoms with Crippen molar-refractivity contribution < 1.29 is 17.0 Å². The molecule has 4 aromatic carbocycles. The van der Waals surface area contributed by atoms with E-state index in [1.165, 1.54) is 10.2 Å². The fraction of sp³-hybridized carbons (Fsp3) is 0.175. The van der Waals surface area contributed by atoms with Crippen LogP contribution in [0.5, 0.6) is 0 Å². The summed E-state index contributed by atoms with van der Waals surface area (Å²) >= 11 is 0. The average molecular weight is 754 g/mol. The summed E-state index contributed by atoms with van der Waals surface area (Å²) in [6.45, 7) is 2.85. The Kier molecular flexibility index (Phi) is 10.8. The highest BCUT2D eigenvalue weighted by atomic mass is 32.8. The maximum Gasteiger partial charge on any atom is 0.268 e. The van der Waals surface area contributed by atoms with Crippen LogP contribution in [-0.2, 0) is 39.4 Å². The van der Waals surface area contributed by atoms with E-state index in [0.29, 0.717) is 43.8 Å². The molecule has 0 aliphatic rings. The van der Waals surface area contributed by atoms with Crippen molar-refractivity contribution >= 4 is 50.0 Å². The molecule has 0 saturated carbocycles. The number of rotatable bonds is 15. The van der Waals surface area contributed by atoms with Crippen molar-refractivity contribution in [2.75, 3.05) is 13.1 Å². The second-order valence-corrected chi connectivity index (χ2v) is 18.9. The molecule has 0 aliphatic heterocycles. The standard InChI is InChI=1S/C40H41FN5O3PS2/c41-40-31(14-13-24-43-40)26-42-23-11-12-25-44(27-32-29-45(38-21-9-7-19-36(32)38)51(47,48)34-15-3-1-4-16-34)28-33-30-46(39-22-10-8-20-37(33)39)52(49,50)35-17-5-2-6-18-35/h1-10,13-22,24,29-30,42,52H,11-12,23,25-28,50H2. The molecule has 7 aromatic rings. The van der Waals surface area contributed by atoms with Crippen LogP contribution >= 0.6 is 8.44 Å². The van der Waals surface area contributed by atoms with Gasteiger partial charge in [-0.05, 0) is 97.7 Å². The molecule has 1 N–H and O–H groups in total. The van der Waals surface area contributed by atoms with Gasteiger partial charge in [0, 0.05) is 59.5 Å². The third-order valence-corrected chi connectivity index (χ3v) is 14.6. The van der Waals surface area contributed by atoms with Gasteiger partial charge in [-0.1, -0.05) is 78.9 Å². The van der Waals surface area contributed by atoms with Crippen LogP contribution < -0.4 is 5.32 Å². The van der Waals surface area contributed by atoms with Crippen molar-refractivity contribution in [2.24, 2.45) is 0 Å². The minimum atomic E-state index is -3.84. The Labute approximate surface area is 306 Å². The largest absolute Gasteiger partial charge is 0.313 e. The van der Waals surface area contributed by atoms with Crippen LogP contribution in [-0.4, -0.2) is 43.5 Å². The number of halogens is 1. The van der Waals surface area contributed by atoms with Gasteiger partial charge in [0.25, 0.3) is 10.0 Å². The first kappa shape index (κ1) is 35.9. The molecule has 3 aromatic heterocycles. The zero-order valence-electron chi connectivity index (χ0n) is 28.6. The van der Waals surface area contributed by atoms with Gasteiger partial charge in [0.05, 0.1) is 15.9 Å². The molecule has 3 heterocycles. The molecule has 0 saturated heterocycles. The highest BCUT2D eigenvalue weighted by molar-refractivity contribution is 8.44. The monoisotopic (exact) mass is 753 g/mol. The van der Waals surface area contributed by atoms with Crippen LogP contribution in [0, 0.1) is 5.95 Å². The summed E-state index contributed by atoms with van der Waals surface area (Å²) in [7, 11) is -4.29. The van der Waals surface area contributed by atoms with E-state index >= 15 is 0 Å². The van der Waals surface area contributed by atoms with Crippen molar-refractivity contribution in [2.45, 2.75) is 42.3 Å². The zero-order valence-corrected chi connectivity index (χ0v) is 31.4. The van der Waals surface area contributed by atoms with Gasteiger partial charge in [0.2, 0.25) is 5.95 Å². The Morgan fingerprint density at radius 1 is 0.731 bits per heavy atom. The topological polar surface area (TPSA) is 89.2 Å². The molecule has 8 nitrogen and oxygen atoms in total. The summed E-state index contributed by atoms with van der Waals surface area (Å²) in [5.41, 5.74) is 3.96. The predicted octanol–water partition coefficient (Wildman–Crippen LogP) is 7.57. The van der Waals surface area contributed by atoms with Gasteiger partial charge in [-0.2, -0.15) is 4.39 Å². The smallest absolute Gasteiger partial charge is 0.268 e. The SMILES string of the molecule is O=S(=O)(c1ccccc1)n1cc(CN(CCCCNCc2cccnc2F)Cc2cn([SH](=O)(P)c3ccccc3)c3ccccc23)c2ccccc21. The number of para-hydroxylation sites is 2. The number of nitrogens with one attached hydrogen (secondary N) is 1. The Morgan fingerprint density at radius 3 is 2.06 bits per heavy atom. The number of aromatic nitrogens is 3. The maximum atomic E-state index is 14.4. The molecule has 0 bridgehead atoms. The normalized spacial score (nSPS) is 12.6. The summed E-state index contributed by atoms with van der Waals surface area (Å²) in [4.78, 5) is 7.03. The third kappa shape index (κ3) is 7.51. The number of unbranched alkanes of at least 4 members (excludes halogenated alkanes) is 1. The lowest BCUT2D eigenvalue weighted by Gasteiger charge is -2.23. The van der Waals surface area contributed by atoms with Gasteiger partial charge in [0.15, 0.2) is 0 Å². The number of nitrogens with zero attached hydrogens (tertiary/aromatic N) is 4. The maximum absolute atomic E-state index is 14.4. The summed E-state index contributed by atoms with van der Waals surface area (Å²) in [5, 5.41) is 5.21. The van der Waals surface area contributed by atoms with Gasteiger partial charge in [-0.25, -0.2) is 17.4 Å². The van der Waals surface area contributed by atoms with Crippen molar-refractivity contribution in [1.29, 1.82) is 0 Å². The first-order chi connectivity index (χ1) is 25.2. The minimum Gasteiger partial charge on any atom is -0.313 e.